The lowest BCUT2D eigenvalue weighted by Crippen LogP contribution is -2.48. The van der Waals surface area contributed by atoms with Crippen LogP contribution in [0.1, 0.15) is 29.6 Å². The first kappa shape index (κ1) is 15.3. The summed E-state index contributed by atoms with van der Waals surface area (Å²) in [5, 5.41) is 9.36. The van der Waals surface area contributed by atoms with Crippen molar-refractivity contribution in [2.45, 2.75) is 25.3 Å². The highest BCUT2D eigenvalue weighted by atomic mass is 16.4. The Kier molecular flexibility index (Phi) is 3.94. The molecule has 1 amide bonds. The summed E-state index contributed by atoms with van der Waals surface area (Å²) in [4.78, 5) is 31.8. The van der Waals surface area contributed by atoms with Crippen molar-refractivity contribution in [3.8, 4) is 0 Å². The Morgan fingerprint density at radius 1 is 1.35 bits per heavy atom. The number of carbonyl (C=O) groups excluding carboxylic acids is 1. The molecule has 0 saturated carbocycles. The molecule has 1 fully saturated rings. The molecular formula is C16H19N3O4. The fraction of sp³-hybridized carbons (Fsp3) is 0.438. The second-order valence-corrected chi connectivity index (χ2v) is 5.89. The zero-order chi connectivity index (χ0) is 16.6. The van der Waals surface area contributed by atoms with E-state index in [1.807, 2.05) is 0 Å². The molecule has 7 nitrogen and oxygen atoms in total. The lowest BCUT2D eigenvalue weighted by Gasteiger charge is -2.33. The number of oxazole rings is 1. The van der Waals surface area contributed by atoms with Gasteiger partial charge in [-0.05, 0) is 31.4 Å². The molecule has 122 valence electrons. The number of nitrogens with zero attached hydrogens (tertiary/aromatic N) is 3. The first-order valence-corrected chi connectivity index (χ1v) is 7.59. The molecular weight excluding hydrogens is 298 g/mol. The van der Waals surface area contributed by atoms with Crippen LogP contribution in [0.4, 0.5) is 6.01 Å². The van der Waals surface area contributed by atoms with E-state index >= 15 is 0 Å². The summed E-state index contributed by atoms with van der Waals surface area (Å²) in [5.41, 5.74) is 1.37. The summed E-state index contributed by atoms with van der Waals surface area (Å²) in [6, 6.07) is 4.78. The number of carboxylic acids is 1. The van der Waals surface area contributed by atoms with Crippen LogP contribution < -0.4 is 4.90 Å². The molecule has 2 heterocycles. The van der Waals surface area contributed by atoms with E-state index < -0.39 is 12.0 Å². The molecule has 7 heteroatoms. The van der Waals surface area contributed by atoms with E-state index in [4.69, 9.17) is 4.42 Å². The van der Waals surface area contributed by atoms with Crippen molar-refractivity contribution in [3.05, 3.63) is 23.8 Å². The van der Waals surface area contributed by atoms with Gasteiger partial charge in [-0.15, -0.1) is 0 Å². The molecule has 1 aromatic carbocycles. The molecule has 23 heavy (non-hydrogen) atoms. The predicted molar refractivity (Wildman–Crippen MR) is 84.6 cm³/mol. The first-order valence-electron chi connectivity index (χ1n) is 7.59. The maximum absolute atomic E-state index is 12.9. The van der Waals surface area contributed by atoms with E-state index in [0.29, 0.717) is 35.6 Å². The highest BCUT2D eigenvalue weighted by molar-refractivity contribution is 6.05. The quantitative estimate of drug-likeness (QED) is 0.931. The predicted octanol–water partition coefficient (Wildman–Crippen LogP) is 1.97. The van der Waals surface area contributed by atoms with Gasteiger partial charge in [0.2, 0.25) is 0 Å². The first-order chi connectivity index (χ1) is 11.0. The number of aliphatic carboxylic acids is 1. The Bertz CT molecular complexity index is 753. The van der Waals surface area contributed by atoms with Gasteiger partial charge in [-0.1, -0.05) is 6.07 Å². The van der Waals surface area contributed by atoms with E-state index in [9.17, 15) is 14.7 Å². The van der Waals surface area contributed by atoms with Crippen LogP contribution in [0.3, 0.4) is 0 Å². The number of fused-ring (bicyclic) bond motifs is 1. The van der Waals surface area contributed by atoms with Crippen LogP contribution in [0.2, 0.25) is 0 Å². The van der Waals surface area contributed by atoms with E-state index in [1.165, 1.54) is 4.90 Å². The molecule has 0 unspecified atom stereocenters. The molecule has 1 N–H and O–H groups in total. The number of para-hydroxylation sites is 1. The molecule has 0 radical (unpaired) electrons. The SMILES string of the molecule is CN(C)c1nc2c(C(=O)N3CCCC[C@@H]3C(=O)O)cccc2o1. The number of aromatic nitrogens is 1. The Hall–Kier alpha value is -2.57. The third kappa shape index (κ3) is 2.74. The zero-order valence-corrected chi connectivity index (χ0v) is 13.2. The number of hydrogen-bond donors (Lipinski definition) is 1. The van der Waals surface area contributed by atoms with Crippen LogP contribution in [-0.2, 0) is 4.79 Å². The molecule has 0 bridgehead atoms. The molecule has 1 aromatic heterocycles. The lowest BCUT2D eigenvalue weighted by molar-refractivity contribution is -0.143. The molecule has 1 atom stereocenters. The van der Waals surface area contributed by atoms with Gasteiger partial charge in [-0.3, -0.25) is 4.79 Å². The number of piperidine rings is 1. The summed E-state index contributed by atoms with van der Waals surface area (Å²) in [6.07, 6.45) is 2.12. The summed E-state index contributed by atoms with van der Waals surface area (Å²) >= 11 is 0. The molecule has 1 aliphatic rings. The molecule has 1 saturated heterocycles. The molecule has 3 rings (SSSR count). The largest absolute Gasteiger partial charge is 0.480 e. The highest BCUT2D eigenvalue weighted by Gasteiger charge is 2.33. The van der Waals surface area contributed by atoms with Crippen molar-refractivity contribution < 1.29 is 19.1 Å². The number of carbonyl (C=O) groups is 2. The van der Waals surface area contributed by atoms with Crippen molar-refractivity contribution in [2.24, 2.45) is 0 Å². The van der Waals surface area contributed by atoms with E-state index in [1.54, 1.807) is 37.2 Å². The summed E-state index contributed by atoms with van der Waals surface area (Å²) < 4.78 is 5.61. The Morgan fingerprint density at radius 2 is 2.13 bits per heavy atom. The van der Waals surface area contributed by atoms with Crippen molar-refractivity contribution in [2.75, 3.05) is 25.5 Å². The van der Waals surface area contributed by atoms with Crippen LogP contribution >= 0.6 is 0 Å². The van der Waals surface area contributed by atoms with Crippen LogP contribution in [0.15, 0.2) is 22.6 Å². The van der Waals surface area contributed by atoms with Gasteiger partial charge in [0.15, 0.2) is 5.58 Å². The minimum Gasteiger partial charge on any atom is -0.480 e. The van der Waals surface area contributed by atoms with E-state index in [0.717, 1.165) is 12.8 Å². The fourth-order valence-corrected chi connectivity index (χ4v) is 2.89. The Morgan fingerprint density at radius 3 is 2.83 bits per heavy atom. The maximum atomic E-state index is 12.9. The van der Waals surface area contributed by atoms with Crippen LogP contribution in [0.5, 0.6) is 0 Å². The number of hydrogen-bond acceptors (Lipinski definition) is 5. The third-order valence-electron chi connectivity index (χ3n) is 4.07. The number of anilines is 1. The van der Waals surface area contributed by atoms with E-state index in [2.05, 4.69) is 4.98 Å². The second-order valence-electron chi connectivity index (χ2n) is 5.89. The highest BCUT2D eigenvalue weighted by Crippen LogP contribution is 2.27. The van der Waals surface area contributed by atoms with Gasteiger partial charge < -0.3 is 19.3 Å². The van der Waals surface area contributed by atoms with Gasteiger partial charge in [-0.2, -0.15) is 4.98 Å². The minimum atomic E-state index is -0.959. The minimum absolute atomic E-state index is 0.304. The summed E-state index contributed by atoms with van der Waals surface area (Å²) in [7, 11) is 3.61. The van der Waals surface area contributed by atoms with Gasteiger partial charge in [0, 0.05) is 20.6 Å². The van der Waals surface area contributed by atoms with Crippen molar-refractivity contribution in [3.63, 3.8) is 0 Å². The van der Waals surface area contributed by atoms with Crippen LogP contribution in [0.25, 0.3) is 11.1 Å². The standard InChI is InChI=1S/C16H19N3O4/c1-18(2)16-17-13-10(6-5-8-12(13)23-16)14(20)19-9-4-3-7-11(19)15(21)22/h5-6,8,11H,3-4,7,9H2,1-2H3,(H,21,22)/t11-/m1/s1. The van der Waals surface area contributed by atoms with Gasteiger partial charge in [-0.25, -0.2) is 4.79 Å². The summed E-state index contributed by atoms with van der Waals surface area (Å²) in [6.45, 7) is 0.449. The van der Waals surface area contributed by atoms with Crippen molar-refractivity contribution in [1.82, 2.24) is 9.88 Å². The maximum Gasteiger partial charge on any atom is 0.326 e. The van der Waals surface area contributed by atoms with Gasteiger partial charge in [0.05, 0.1) is 5.56 Å². The number of benzene rings is 1. The molecule has 0 aliphatic carbocycles. The second kappa shape index (κ2) is 5.91. The average molecular weight is 317 g/mol. The number of likely N-dealkylation sites (tertiary alicyclic amines) is 1. The normalized spacial score (nSPS) is 18.2. The molecule has 1 aliphatic heterocycles. The van der Waals surface area contributed by atoms with Crippen molar-refractivity contribution in [1.29, 1.82) is 0 Å². The smallest absolute Gasteiger partial charge is 0.326 e. The average Bonchev–Trinajstić information content (AvgIpc) is 2.98. The van der Waals surface area contributed by atoms with Gasteiger partial charge in [0.1, 0.15) is 11.6 Å². The van der Waals surface area contributed by atoms with Gasteiger partial charge in [0.25, 0.3) is 11.9 Å². The summed E-state index contributed by atoms with van der Waals surface area (Å²) in [5.74, 6) is -1.26. The zero-order valence-electron chi connectivity index (χ0n) is 13.2. The fourth-order valence-electron chi connectivity index (χ4n) is 2.89. The van der Waals surface area contributed by atoms with Gasteiger partial charge >= 0.3 is 5.97 Å². The molecule has 0 spiro atoms. The number of carboxylic acid groups (broad SMARTS) is 1. The van der Waals surface area contributed by atoms with Crippen LogP contribution in [-0.4, -0.2) is 53.5 Å². The van der Waals surface area contributed by atoms with E-state index in [-0.39, 0.29) is 5.91 Å². The number of amides is 1. The van der Waals surface area contributed by atoms with Crippen LogP contribution in [0, 0.1) is 0 Å². The topological polar surface area (TPSA) is 86.9 Å². The Labute approximate surface area is 133 Å². The third-order valence-corrected chi connectivity index (χ3v) is 4.07. The lowest BCUT2D eigenvalue weighted by atomic mass is 10.0. The Balaban J connectivity index is 2.01. The van der Waals surface area contributed by atoms with Crippen molar-refractivity contribution >= 4 is 29.0 Å². The number of rotatable bonds is 3. The monoisotopic (exact) mass is 317 g/mol. The molecule has 2 aromatic rings.